The summed E-state index contributed by atoms with van der Waals surface area (Å²) in [4.78, 5) is 42.1. The number of aromatic nitrogens is 3. The number of benzene rings is 2. The Balaban J connectivity index is 1.33. The fraction of sp³-hybridized carbons (Fsp3) is 0.459. The van der Waals surface area contributed by atoms with E-state index in [2.05, 4.69) is 83.0 Å². The number of rotatable bonds is 2. The molecule has 4 aromatic rings. The van der Waals surface area contributed by atoms with Gasteiger partial charge in [0.2, 0.25) is 5.91 Å². The Labute approximate surface area is 270 Å². The normalized spacial score (nSPS) is 23.5. The zero-order valence-electron chi connectivity index (χ0n) is 27.4. The van der Waals surface area contributed by atoms with E-state index in [-0.39, 0.29) is 23.9 Å². The standard InChI is InChI=1S/C37H43N7O2/c1-21(2)43-20-39-31-19-30-23-10-12-29-32(15-23)44(36(46)37(29,3)4)27-17-26(18-27)42-13-7-6-8-25(42)14-22-9-11-24(16-28(22)35(45)38-5)40-34(41-30)33(31)43/h9-12,15-16,19-21,25-27H,6-8,13-14,17-18H2,1-5H3,(H,38,45)(H,40,41). The average molecular weight is 618 g/mol. The molecule has 2 N–H and O–H groups in total. The summed E-state index contributed by atoms with van der Waals surface area (Å²) in [6.07, 6.45) is 8.13. The first-order valence-electron chi connectivity index (χ1n) is 16.9. The lowest BCUT2D eigenvalue weighted by Crippen LogP contribution is -2.59. The number of carbonyl (C=O) groups excluding carboxylic acids is 2. The zero-order valence-corrected chi connectivity index (χ0v) is 27.4. The van der Waals surface area contributed by atoms with Gasteiger partial charge >= 0.3 is 0 Å². The molecule has 1 saturated heterocycles. The van der Waals surface area contributed by atoms with Gasteiger partial charge < -0.3 is 20.1 Å². The van der Waals surface area contributed by atoms with Crippen molar-refractivity contribution in [3.63, 3.8) is 0 Å². The van der Waals surface area contributed by atoms with Gasteiger partial charge in [0, 0.05) is 53.7 Å². The molecule has 0 radical (unpaired) electrons. The van der Waals surface area contributed by atoms with Crippen LogP contribution in [0.5, 0.6) is 0 Å². The number of carbonyl (C=O) groups is 2. The van der Waals surface area contributed by atoms with Crippen molar-refractivity contribution in [3.05, 3.63) is 65.5 Å². The Bertz CT molecular complexity index is 1890. The molecule has 46 heavy (non-hydrogen) atoms. The first-order valence-corrected chi connectivity index (χ1v) is 16.9. The monoisotopic (exact) mass is 617 g/mol. The summed E-state index contributed by atoms with van der Waals surface area (Å²) < 4.78 is 2.13. The smallest absolute Gasteiger partial charge is 0.251 e. The molecular weight excluding hydrogens is 574 g/mol. The van der Waals surface area contributed by atoms with Gasteiger partial charge in [-0.1, -0.05) is 24.6 Å². The zero-order chi connectivity index (χ0) is 31.9. The highest BCUT2D eigenvalue weighted by atomic mass is 16.2. The second-order valence-electron chi connectivity index (χ2n) is 14.4. The van der Waals surface area contributed by atoms with Gasteiger partial charge in [0.05, 0.1) is 23.0 Å². The van der Waals surface area contributed by atoms with E-state index in [4.69, 9.17) is 9.97 Å². The van der Waals surface area contributed by atoms with Crippen LogP contribution in [0.25, 0.3) is 22.3 Å². The Morgan fingerprint density at radius 3 is 2.65 bits per heavy atom. The number of nitrogens with one attached hydrogen (secondary N) is 2. The van der Waals surface area contributed by atoms with Crippen LogP contribution in [0, 0.1) is 0 Å². The molecule has 0 spiro atoms. The Morgan fingerprint density at radius 1 is 1.04 bits per heavy atom. The van der Waals surface area contributed by atoms with E-state index in [1.54, 1.807) is 7.05 Å². The number of hydrogen-bond donors (Lipinski definition) is 2. The second-order valence-corrected chi connectivity index (χ2v) is 14.4. The maximum absolute atomic E-state index is 14.0. The van der Waals surface area contributed by atoms with Gasteiger partial charge in [-0.3, -0.25) is 14.5 Å². The fourth-order valence-corrected chi connectivity index (χ4v) is 8.33. The maximum atomic E-state index is 14.0. The number of piperidine rings is 1. The predicted molar refractivity (Wildman–Crippen MR) is 182 cm³/mol. The minimum absolute atomic E-state index is 0.0824. The van der Waals surface area contributed by atoms with Gasteiger partial charge in [0.15, 0.2) is 5.82 Å². The van der Waals surface area contributed by atoms with Crippen molar-refractivity contribution in [1.82, 2.24) is 24.8 Å². The number of fused-ring (bicyclic) bond motifs is 1. The van der Waals surface area contributed by atoms with Crippen LogP contribution in [0.2, 0.25) is 0 Å². The molecular formula is C37H43N7O2. The van der Waals surface area contributed by atoms with Crippen molar-refractivity contribution in [2.45, 2.75) is 95.8 Å². The highest BCUT2D eigenvalue weighted by Crippen LogP contribution is 2.48. The first-order chi connectivity index (χ1) is 22.1. The van der Waals surface area contributed by atoms with Gasteiger partial charge in [-0.15, -0.1) is 0 Å². The van der Waals surface area contributed by atoms with Gasteiger partial charge in [0.25, 0.3) is 5.91 Å². The van der Waals surface area contributed by atoms with E-state index in [0.717, 1.165) is 77.0 Å². The third-order valence-corrected chi connectivity index (χ3v) is 11.0. The largest absolute Gasteiger partial charge is 0.355 e. The molecule has 9 nitrogen and oxygen atoms in total. The third kappa shape index (κ3) is 4.46. The van der Waals surface area contributed by atoms with Crippen LogP contribution in [-0.2, 0) is 16.6 Å². The van der Waals surface area contributed by atoms with Crippen molar-refractivity contribution >= 4 is 40.0 Å². The maximum Gasteiger partial charge on any atom is 0.251 e. The van der Waals surface area contributed by atoms with Crippen molar-refractivity contribution in [2.24, 2.45) is 0 Å². The number of nitrogens with zero attached hydrogens (tertiary/aromatic N) is 5. The van der Waals surface area contributed by atoms with Crippen LogP contribution in [0.3, 0.4) is 0 Å². The van der Waals surface area contributed by atoms with E-state index in [1.807, 2.05) is 18.5 Å². The van der Waals surface area contributed by atoms with Crippen LogP contribution in [0.1, 0.15) is 87.3 Å². The van der Waals surface area contributed by atoms with Crippen molar-refractivity contribution in [1.29, 1.82) is 0 Å². The first kappa shape index (κ1) is 29.2. The van der Waals surface area contributed by atoms with Crippen LogP contribution >= 0.6 is 0 Å². The summed E-state index contributed by atoms with van der Waals surface area (Å²) in [5, 5.41) is 6.47. The number of hydrogen-bond acceptors (Lipinski definition) is 6. The predicted octanol–water partition coefficient (Wildman–Crippen LogP) is 6.35. The number of pyridine rings is 1. The molecule has 11 rings (SSSR count). The quantitative estimate of drug-likeness (QED) is 0.272. The van der Waals surface area contributed by atoms with Crippen molar-refractivity contribution in [3.8, 4) is 11.3 Å². The van der Waals surface area contributed by atoms with E-state index < -0.39 is 5.41 Å². The third-order valence-electron chi connectivity index (χ3n) is 11.0. The summed E-state index contributed by atoms with van der Waals surface area (Å²) in [7, 11) is 1.70. The van der Waals surface area contributed by atoms with E-state index in [1.165, 1.54) is 12.8 Å². The molecule has 6 aliphatic heterocycles. The SMILES string of the molecule is CNC(=O)c1cc2ccc1CC1CCCCN1C1CC(C1)N1C(=O)C(C)(C)c3ccc(cc31)-c1cc3ncn(C(C)C)c3c(n1)N2. The molecule has 8 bridgehead atoms. The Hall–Kier alpha value is -4.24. The van der Waals surface area contributed by atoms with E-state index >= 15 is 0 Å². The minimum atomic E-state index is -0.578. The van der Waals surface area contributed by atoms with Crippen LogP contribution in [0.4, 0.5) is 17.2 Å². The summed E-state index contributed by atoms with van der Waals surface area (Å²) in [6.45, 7) is 9.44. The van der Waals surface area contributed by atoms with Crippen LogP contribution < -0.4 is 15.5 Å². The van der Waals surface area contributed by atoms with Gasteiger partial charge in [-0.25, -0.2) is 9.97 Å². The van der Waals surface area contributed by atoms with Crippen molar-refractivity contribution in [2.75, 3.05) is 23.8 Å². The lowest BCUT2D eigenvalue weighted by Gasteiger charge is -2.51. The number of anilines is 3. The highest BCUT2D eigenvalue weighted by molar-refractivity contribution is 6.09. The molecule has 1 aliphatic carbocycles. The molecule has 1 unspecified atom stereocenters. The molecule has 2 amide bonds. The lowest BCUT2D eigenvalue weighted by molar-refractivity contribution is -0.123. The second kappa shape index (κ2) is 10.7. The lowest BCUT2D eigenvalue weighted by atomic mass is 9.80. The summed E-state index contributed by atoms with van der Waals surface area (Å²) >= 11 is 0. The molecule has 2 aromatic heterocycles. The summed E-state index contributed by atoms with van der Waals surface area (Å²) in [5.74, 6) is 0.786. The molecule has 2 aromatic carbocycles. The van der Waals surface area contributed by atoms with Gasteiger partial charge in [-0.2, -0.15) is 0 Å². The van der Waals surface area contributed by atoms with Gasteiger partial charge in [-0.05, 0) is 102 Å². The molecule has 7 aliphatic rings. The van der Waals surface area contributed by atoms with Crippen LogP contribution in [-0.4, -0.2) is 63.0 Å². The number of amides is 2. The fourth-order valence-electron chi connectivity index (χ4n) is 8.33. The van der Waals surface area contributed by atoms with Crippen molar-refractivity contribution < 1.29 is 9.59 Å². The van der Waals surface area contributed by atoms with Crippen LogP contribution in [0.15, 0.2) is 48.8 Å². The van der Waals surface area contributed by atoms with E-state index in [9.17, 15) is 9.59 Å². The molecule has 9 heteroatoms. The molecule has 1 atom stereocenters. The number of imidazole rings is 1. The minimum Gasteiger partial charge on any atom is -0.355 e. The summed E-state index contributed by atoms with van der Waals surface area (Å²) in [6, 6.07) is 15.7. The molecule has 8 heterocycles. The van der Waals surface area contributed by atoms with Gasteiger partial charge in [0.1, 0.15) is 5.52 Å². The Morgan fingerprint density at radius 2 is 1.87 bits per heavy atom. The van der Waals surface area contributed by atoms with E-state index in [0.29, 0.717) is 23.5 Å². The summed E-state index contributed by atoms with van der Waals surface area (Å²) in [5.41, 5.74) is 7.58. The Kier molecular flexibility index (Phi) is 6.76. The molecule has 238 valence electrons. The topological polar surface area (TPSA) is 95.4 Å². The highest BCUT2D eigenvalue weighted by Gasteiger charge is 2.50. The molecule has 1 saturated carbocycles. The molecule has 2 fully saturated rings. The average Bonchev–Trinajstić information content (AvgIpc) is 3.54.